The van der Waals surface area contributed by atoms with Gasteiger partial charge in [0.25, 0.3) is 0 Å². The molecule has 42 heavy (non-hydrogen) atoms. The van der Waals surface area contributed by atoms with Crippen molar-refractivity contribution in [1.29, 1.82) is 0 Å². The van der Waals surface area contributed by atoms with Crippen LogP contribution in [0.25, 0.3) is 0 Å². The molecule has 0 spiro atoms. The molecule has 0 aromatic heterocycles. The van der Waals surface area contributed by atoms with Crippen LogP contribution in [-0.2, 0) is 33.6 Å². The van der Waals surface area contributed by atoms with Gasteiger partial charge in [-0.1, -0.05) is 46.1 Å². The summed E-state index contributed by atoms with van der Waals surface area (Å²) in [5.41, 5.74) is 4.34. The Morgan fingerprint density at radius 2 is 0.238 bits per heavy atom. The fraction of sp³-hybridized carbons (Fsp3) is 0.400. The third-order valence-electron chi connectivity index (χ3n) is 4.21. The van der Waals surface area contributed by atoms with Crippen LogP contribution in [0.15, 0.2) is 85.1 Å². The van der Waals surface area contributed by atoms with Crippen molar-refractivity contribution >= 4 is 40.5 Å². The molecule has 0 aliphatic rings. The summed E-state index contributed by atoms with van der Waals surface area (Å²) in [6.07, 6.45) is 0. The Balaban J connectivity index is -0.0000000681. The van der Waals surface area contributed by atoms with Crippen LogP contribution in [0, 0.1) is 0 Å². The number of carbonyl (C=O) groups excluding carboxylic acids is 7. The molecule has 7 nitrogen and oxygen atoms in total. The summed E-state index contributed by atoms with van der Waals surface area (Å²) in [4.78, 5) is 70.3. The molecule has 0 amide bonds. The fourth-order valence-corrected chi connectivity index (χ4v) is 0. The van der Waals surface area contributed by atoms with E-state index in [2.05, 4.69) is 46.1 Å². The number of Topliss-reactive ketones (excluding diaryl/α,β-unsaturated/α-hetero) is 7. The highest BCUT2D eigenvalue weighted by Gasteiger charge is 1.88. The Hall–Kier alpha value is -4.13. The largest absolute Gasteiger partial charge is 0.295 e. The number of hydrogen-bond acceptors (Lipinski definition) is 7. The second kappa shape index (κ2) is 33.1. The zero-order valence-electron chi connectivity index (χ0n) is 28.8. The van der Waals surface area contributed by atoms with Gasteiger partial charge in [-0.3, -0.25) is 33.6 Å². The van der Waals surface area contributed by atoms with Gasteiger partial charge in [0.1, 0.15) is 0 Å². The van der Waals surface area contributed by atoms with Crippen molar-refractivity contribution in [1.82, 2.24) is 0 Å². The predicted octanol–water partition coefficient (Wildman–Crippen LogP) is 8.06. The molecule has 0 fully saturated rings. The molecule has 0 bridgehead atoms. The summed E-state index contributed by atoms with van der Waals surface area (Å²) >= 11 is 0. The first-order chi connectivity index (χ1) is 18.5. The van der Waals surface area contributed by atoms with Crippen LogP contribution in [0.5, 0.6) is 0 Å². The minimum absolute atomic E-state index is 0.0648. The van der Waals surface area contributed by atoms with Crippen LogP contribution in [-0.4, -0.2) is 40.5 Å². The second-order valence-electron chi connectivity index (χ2n) is 9.36. The van der Waals surface area contributed by atoms with E-state index in [1.54, 1.807) is 48.5 Å². The average molecular weight is 589 g/mol. The summed E-state index contributed by atoms with van der Waals surface area (Å²) < 4.78 is 0. The smallest absolute Gasteiger partial charge is 0.154 e. The fourth-order valence-electron chi connectivity index (χ4n) is 0. The van der Waals surface area contributed by atoms with Gasteiger partial charge in [-0.2, -0.15) is 0 Å². The van der Waals surface area contributed by atoms with Crippen LogP contribution in [0.1, 0.15) is 96.9 Å². The quantitative estimate of drug-likeness (QED) is 0.276. The molecular weight excluding hydrogens is 532 g/mol. The number of rotatable bonds is 7. The molecule has 0 aliphatic heterocycles. The van der Waals surface area contributed by atoms with E-state index in [1.165, 1.54) is 48.5 Å². The maximum absolute atomic E-state index is 10.0. The van der Waals surface area contributed by atoms with Crippen molar-refractivity contribution in [3.63, 3.8) is 0 Å². The monoisotopic (exact) mass is 588 g/mol. The van der Waals surface area contributed by atoms with Gasteiger partial charge in [0.05, 0.1) is 0 Å². The van der Waals surface area contributed by atoms with E-state index in [9.17, 15) is 33.6 Å². The first-order valence-corrected chi connectivity index (χ1v) is 12.7. The van der Waals surface area contributed by atoms with Gasteiger partial charge in [-0.15, -0.1) is 0 Å². The van der Waals surface area contributed by atoms with E-state index in [0.29, 0.717) is 39.0 Å². The topological polar surface area (TPSA) is 119 Å². The van der Waals surface area contributed by atoms with Crippen LogP contribution in [0.2, 0.25) is 0 Å². The highest BCUT2D eigenvalue weighted by atomic mass is 16.1. The molecule has 0 unspecified atom stereocenters. The van der Waals surface area contributed by atoms with Crippen molar-refractivity contribution in [3.05, 3.63) is 85.1 Å². The first-order valence-electron chi connectivity index (χ1n) is 12.7. The number of ketones is 7. The maximum atomic E-state index is 10.0. The summed E-state index contributed by atoms with van der Waals surface area (Å²) in [5, 5.41) is 0. The molecular formula is C35H56O7. The summed E-state index contributed by atoms with van der Waals surface area (Å²) in [6, 6.07) is 0. The third-order valence-corrected chi connectivity index (χ3v) is 4.21. The second-order valence-corrected chi connectivity index (χ2v) is 9.36. The normalized spacial score (nSPS) is 7.67. The SMILES string of the molecule is C=C(C)C(C)=O.C=C(C)C(C)=O.C=C(C)C(C)=O.C=C(C)C(C)=O.C=C(C)C(C)=O.C=C(C)C(C)=O.C=C(C)C(C)=O. The Bertz CT molecular complexity index is 725. The molecule has 0 radical (unpaired) electrons. The van der Waals surface area contributed by atoms with Crippen LogP contribution in [0.3, 0.4) is 0 Å². The average Bonchev–Trinajstić information content (AvgIpc) is 2.80. The van der Waals surface area contributed by atoms with E-state index >= 15 is 0 Å². The minimum atomic E-state index is 0.0648. The molecule has 0 aliphatic carbocycles. The number of allylic oxidation sites excluding steroid dienone is 7. The molecule has 0 saturated carbocycles. The Morgan fingerprint density at radius 1 is 0.214 bits per heavy atom. The van der Waals surface area contributed by atoms with E-state index in [1.807, 2.05) is 0 Å². The molecule has 238 valence electrons. The molecule has 0 heterocycles. The van der Waals surface area contributed by atoms with Gasteiger partial charge in [0, 0.05) is 0 Å². The lowest BCUT2D eigenvalue weighted by Gasteiger charge is -1.80. The van der Waals surface area contributed by atoms with Crippen molar-refractivity contribution in [2.75, 3.05) is 0 Å². The lowest BCUT2D eigenvalue weighted by Crippen LogP contribution is -1.86. The Labute approximate surface area is 255 Å². The zero-order chi connectivity index (χ0) is 36.1. The van der Waals surface area contributed by atoms with Gasteiger partial charge in [-0.05, 0) is 136 Å². The molecule has 7 heteroatoms. The minimum Gasteiger partial charge on any atom is -0.295 e. The molecule has 0 rings (SSSR count). The molecule has 0 aromatic carbocycles. The van der Waals surface area contributed by atoms with Crippen molar-refractivity contribution in [3.8, 4) is 0 Å². The van der Waals surface area contributed by atoms with E-state index < -0.39 is 0 Å². The van der Waals surface area contributed by atoms with Crippen LogP contribution < -0.4 is 0 Å². The van der Waals surface area contributed by atoms with Gasteiger partial charge in [-0.25, -0.2) is 0 Å². The standard InChI is InChI=1S/7C5H8O/c7*1-4(2)5(3)6/h7*1H2,2-3H3. The molecule has 0 N–H and O–H groups in total. The lowest BCUT2D eigenvalue weighted by atomic mass is 10.3. The van der Waals surface area contributed by atoms with Gasteiger partial charge in [0.15, 0.2) is 40.5 Å². The maximum Gasteiger partial charge on any atom is 0.154 e. The zero-order valence-corrected chi connectivity index (χ0v) is 28.8. The number of hydrogen-bond donors (Lipinski definition) is 0. The van der Waals surface area contributed by atoms with E-state index in [0.717, 1.165) is 0 Å². The third kappa shape index (κ3) is 76.5. The molecule has 0 atom stereocenters. The summed E-state index contributed by atoms with van der Waals surface area (Å²) in [5.74, 6) is 0.454. The summed E-state index contributed by atoms with van der Waals surface area (Å²) in [6.45, 7) is 46.2. The Kier molecular flexibility index (Phi) is 42.5. The van der Waals surface area contributed by atoms with Gasteiger partial charge >= 0.3 is 0 Å². The summed E-state index contributed by atoms with van der Waals surface area (Å²) in [7, 11) is 0. The van der Waals surface area contributed by atoms with E-state index in [-0.39, 0.29) is 40.5 Å². The van der Waals surface area contributed by atoms with Crippen LogP contribution >= 0.6 is 0 Å². The predicted molar refractivity (Wildman–Crippen MR) is 178 cm³/mol. The van der Waals surface area contributed by atoms with Gasteiger partial charge < -0.3 is 0 Å². The highest BCUT2D eigenvalue weighted by molar-refractivity contribution is 5.93. The van der Waals surface area contributed by atoms with Crippen molar-refractivity contribution in [2.45, 2.75) is 96.9 Å². The molecule has 0 aromatic rings. The van der Waals surface area contributed by atoms with Crippen LogP contribution in [0.4, 0.5) is 0 Å². The van der Waals surface area contributed by atoms with E-state index in [4.69, 9.17) is 0 Å². The molecule has 0 saturated heterocycles. The number of carbonyl (C=O) groups is 7. The van der Waals surface area contributed by atoms with Crippen molar-refractivity contribution in [2.24, 2.45) is 0 Å². The first kappa shape index (κ1) is 54.0. The van der Waals surface area contributed by atoms with Crippen molar-refractivity contribution < 1.29 is 33.6 Å². The lowest BCUT2D eigenvalue weighted by molar-refractivity contribution is -0.114. The van der Waals surface area contributed by atoms with Gasteiger partial charge in [0.2, 0.25) is 0 Å². The highest BCUT2D eigenvalue weighted by Crippen LogP contribution is 1.87. The Morgan fingerprint density at radius 3 is 0.238 bits per heavy atom.